The summed E-state index contributed by atoms with van der Waals surface area (Å²) in [6.45, 7) is 2.79. The molecule has 0 atom stereocenters. The van der Waals surface area contributed by atoms with Crippen LogP contribution in [-0.2, 0) is 6.54 Å². The molecule has 1 heterocycles. The van der Waals surface area contributed by atoms with Crippen LogP contribution in [0.3, 0.4) is 0 Å². The number of nitrogens with two attached hydrogens (primary N) is 1. The fourth-order valence-corrected chi connectivity index (χ4v) is 1.92. The minimum absolute atomic E-state index is 0.00147. The van der Waals surface area contributed by atoms with Crippen molar-refractivity contribution in [3.05, 3.63) is 69.6 Å². The summed E-state index contributed by atoms with van der Waals surface area (Å²) in [5.41, 5.74) is 8.29. The third-order valence-electron chi connectivity index (χ3n) is 2.94. The van der Waals surface area contributed by atoms with E-state index in [0.717, 1.165) is 16.8 Å². The number of aromatic nitrogens is 1. The van der Waals surface area contributed by atoms with Gasteiger partial charge in [0.1, 0.15) is 0 Å². The molecule has 0 amide bonds. The molecule has 2 N–H and O–H groups in total. The zero-order chi connectivity index (χ0) is 13.7. The van der Waals surface area contributed by atoms with Gasteiger partial charge in [0, 0.05) is 17.3 Å². The minimum atomic E-state index is 0.00147. The van der Waals surface area contributed by atoms with Crippen molar-refractivity contribution in [3.8, 4) is 11.8 Å². The van der Waals surface area contributed by atoms with Crippen LogP contribution in [0, 0.1) is 18.8 Å². The van der Waals surface area contributed by atoms with Crippen molar-refractivity contribution in [1.82, 2.24) is 4.57 Å². The lowest BCUT2D eigenvalue weighted by Crippen LogP contribution is -2.21. The summed E-state index contributed by atoms with van der Waals surface area (Å²) in [7, 11) is 0. The van der Waals surface area contributed by atoms with E-state index in [2.05, 4.69) is 11.8 Å². The average Bonchev–Trinajstić information content (AvgIpc) is 2.42. The second-order valence-electron chi connectivity index (χ2n) is 4.25. The van der Waals surface area contributed by atoms with Crippen LogP contribution in [0.5, 0.6) is 0 Å². The molecule has 0 aliphatic rings. The standard InChI is InChI=1S/C16H16N2O/c1-13-6-4-10-16(19)18(13)12-15-8-3-2-7-14(15)9-5-11-17/h2-4,6-8,10H,11-12,17H2,1H3. The Morgan fingerprint density at radius 2 is 1.95 bits per heavy atom. The van der Waals surface area contributed by atoms with Gasteiger partial charge in [0.15, 0.2) is 0 Å². The molecule has 0 aliphatic carbocycles. The maximum Gasteiger partial charge on any atom is 0.251 e. The number of pyridine rings is 1. The summed E-state index contributed by atoms with van der Waals surface area (Å²) in [5, 5.41) is 0. The molecular formula is C16H16N2O. The first-order valence-corrected chi connectivity index (χ1v) is 6.15. The van der Waals surface area contributed by atoms with Gasteiger partial charge >= 0.3 is 0 Å². The van der Waals surface area contributed by atoms with Crippen LogP contribution in [0.15, 0.2) is 47.3 Å². The molecule has 3 nitrogen and oxygen atoms in total. The monoisotopic (exact) mass is 252 g/mol. The molecule has 96 valence electrons. The number of benzene rings is 1. The lowest BCUT2D eigenvalue weighted by Gasteiger charge is -2.10. The molecular weight excluding hydrogens is 236 g/mol. The third kappa shape index (κ3) is 3.12. The van der Waals surface area contributed by atoms with Crippen molar-refractivity contribution in [2.24, 2.45) is 5.73 Å². The Labute approximate surface area is 112 Å². The van der Waals surface area contributed by atoms with Gasteiger partial charge in [-0.3, -0.25) is 4.79 Å². The van der Waals surface area contributed by atoms with E-state index in [-0.39, 0.29) is 5.56 Å². The summed E-state index contributed by atoms with van der Waals surface area (Å²) in [4.78, 5) is 11.9. The Balaban J connectivity index is 2.41. The van der Waals surface area contributed by atoms with Gasteiger partial charge in [0.25, 0.3) is 5.56 Å². The molecule has 2 aromatic rings. The van der Waals surface area contributed by atoms with E-state index in [4.69, 9.17) is 5.73 Å². The number of nitrogens with zero attached hydrogens (tertiary/aromatic N) is 1. The minimum Gasteiger partial charge on any atom is -0.320 e. The van der Waals surface area contributed by atoms with Gasteiger partial charge in [0.2, 0.25) is 0 Å². The highest BCUT2D eigenvalue weighted by atomic mass is 16.1. The first-order chi connectivity index (χ1) is 9.22. The van der Waals surface area contributed by atoms with Crippen molar-refractivity contribution in [2.75, 3.05) is 6.54 Å². The molecule has 0 saturated carbocycles. The van der Waals surface area contributed by atoms with Crippen LogP contribution in [0.4, 0.5) is 0 Å². The number of aryl methyl sites for hydroxylation is 1. The second kappa shape index (κ2) is 6.03. The fraction of sp³-hybridized carbons (Fsp3) is 0.188. The van der Waals surface area contributed by atoms with Crippen LogP contribution in [0.1, 0.15) is 16.8 Å². The number of hydrogen-bond acceptors (Lipinski definition) is 2. The highest BCUT2D eigenvalue weighted by Gasteiger charge is 2.03. The smallest absolute Gasteiger partial charge is 0.251 e. The molecule has 1 aromatic heterocycles. The summed E-state index contributed by atoms with van der Waals surface area (Å²) >= 11 is 0. The Morgan fingerprint density at radius 1 is 1.16 bits per heavy atom. The number of hydrogen-bond donors (Lipinski definition) is 1. The van der Waals surface area contributed by atoms with Crippen molar-refractivity contribution in [1.29, 1.82) is 0 Å². The van der Waals surface area contributed by atoms with E-state index >= 15 is 0 Å². The zero-order valence-corrected chi connectivity index (χ0v) is 10.9. The maximum absolute atomic E-state index is 11.9. The molecule has 1 aromatic carbocycles. The van der Waals surface area contributed by atoms with E-state index in [0.29, 0.717) is 13.1 Å². The van der Waals surface area contributed by atoms with E-state index in [1.54, 1.807) is 16.7 Å². The van der Waals surface area contributed by atoms with Gasteiger partial charge in [-0.05, 0) is 24.6 Å². The maximum atomic E-state index is 11.9. The largest absolute Gasteiger partial charge is 0.320 e. The van der Waals surface area contributed by atoms with Crippen molar-refractivity contribution >= 4 is 0 Å². The molecule has 0 bridgehead atoms. The topological polar surface area (TPSA) is 48.0 Å². The van der Waals surface area contributed by atoms with Crippen LogP contribution in [-0.4, -0.2) is 11.1 Å². The van der Waals surface area contributed by atoms with Gasteiger partial charge in [-0.15, -0.1) is 0 Å². The Hall–Kier alpha value is -2.31. The van der Waals surface area contributed by atoms with Crippen molar-refractivity contribution in [2.45, 2.75) is 13.5 Å². The Bertz CT molecular complexity index is 690. The average molecular weight is 252 g/mol. The normalized spacial score (nSPS) is 9.79. The highest BCUT2D eigenvalue weighted by Crippen LogP contribution is 2.09. The van der Waals surface area contributed by atoms with Crippen LogP contribution < -0.4 is 11.3 Å². The molecule has 0 fully saturated rings. The summed E-state index contributed by atoms with van der Waals surface area (Å²) in [6, 6.07) is 13.1. The predicted molar refractivity (Wildman–Crippen MR) is 76.9 cm³/mol. The van der Waals surface area contributed by atoms with Gasteiger partial charge in [-0.25, -0.2) is 0 Å². The summed E-state index contributed by atoms with van der Waals surface area (Å²) in [6.07, 6.45) is 0. The molecule has 0 saturated heterocycles. The first kappa shape index (κ1) is 13.1. The van der Waals surface area contributed by atoms with Crippen LogP contribution in [0.2, 0.25) is 0 Å². The van der Waals surface area contributed by atoms with Gasteiger partial charge < -0.3 is 10.3 Å². The SMILES string of the molecule is Cc1cccc(=O)n1Cc1ccccc1C#CCN. The highest BCUT2D eigenvalue weighted by molar-refractivity contribution is 5.41. The molecule has 2 rings (SSSR count). The van der Waals surface area contributed by atoms with E-state index in [1.807, 2.05) is 37.3 Å². The molecule has 3 heteroatoms. The van der Waals surface area contributed by atoms with E-state index < -0.39 is 0 Å². The quantitative estimate of drug-likeness (QED) is 0.824. The zero-order valence-electron chi connectivity index (χ0n) is 10.9. The van der Waals surface area contributed by atoms with Crippen molar-refractivity contribution < 1.29 is 0 Å². The number of rotatable bonds is 2. The van der Waals surface area contributed by atoms with Gasteiger partial charge in [0.05, 0.1) is 13.1 Å². The molecule has 0 unspecified atom stereocenters. The Morgan fingerprint density at radius 3 is 2.68 bits per heavy atom. The lowest BCUT2D eigenvalue weighted by atomic mass is 10.1. The predicted octanol–water partition coefficient (Wildman–Crippen LogP) is 1.52. The summed E-state index contributed by atoms with van der Waals surface area (Å²) in [5.74, 6) is 5.89. The molecule has 19 heavy (non-hydrogen) atoms. The third-order valence-corrected chi connectivity index (χ3v) is 2.94. The Kier molecular flexibility index (Phi) is 4.17. The van der Waals surface area contributed by atoms with Crippen molar-refractivity contribution in [3.63, 3.8) is 0 Å². The second-order valence-corrected chi connectivity index (χ2v) is 4.25. The van der Waals surface area contributed by atoms with E-state index in [1.165, 1.54) is 0 Å². The van der Waals surface area contributed by atoms with Crippen LogP contribution >= 0.6 is 0 Å². The summed E-state index contributed by atoms with van der Waals surface area (Å²) < 4.78 is 1.74. The van der Waals surface area contributed by atoms with Gasteiger partial charge in [-0.2, -0.15) is 0 Å². The van der Waals surface area contributed by atoms with E-state index in [9.17, 15) is 4.79 Å². The molecule has 0 spiro atoms. The molecule has 0 radical (unpaired) electrons. The van der Waals surface area contributed by atoms with Gasteiger partial charge in [-0.1, -0.05) is 36.1 Å². The first-order valence-electron chi connectivity index (χ1n) is 6.15. The molecule has 0 aliphatic heterocycles. The fourth-order valence-electron chi connectivity index (χ4n) is 1.92. The lowest BCUT2D eigenvalue weighted by molar-refractivity contribution is 0.729. The van der Waals surface area contributed by atoms with Crippen LogP contribution in [0.25, 0.3) is 0 Å².